The zero-order chi connectivity index (χ0) is 14.0. The maximum absolute atomic E-state index is 6.38. The largest absolute Gasteiger partial charge is 0.374 e. The monoisotopic (exact) mass is 260 g/mol. The van der Waals surface area contributed by atoms with Gasteiger partial charge in [0.2, 0.25) is 0 Å². The second-order valence-electron chi connectivity index (χ2n) is 6.60. The molecule has 0 heterocycles. The third-order valence-corrected chi connectivity index (χ3v) is 4.69. The molecular weight excluding hydrogens is 232 g/mol. The van der Waals surface area contributed by atoms with E-state index in [0.717, 1.165) is 18.4 Å². The molecule has 2 nitrogen and oxygen atoms in total. The van der Waals surface area contributed by atoms with E-state index in [1.54, 1.807) is 0 Å². The van der Waals surface area contributed by atoms with Crippen molar-refractivity contribution in [2.24, 2.45) is 23.5 Å². The minimum atomic E-state index is 0.353. The highest BCUT2D eigenvalue weighted by molar-refractivity contribution is 5.46. The van der Waals surface area contributed by atoms with E-state index < -0.39 is 0 Å². The normalized spacial score (nSPS) is 31.2. The van der Waals surface area contributed by atoms with Crippen LogP contribution in [0.5, 0.6) is 0 Å². The summed E-state index contributed by atoms with van der Waals surface area (Å²) in [4.78, 5) is 2.36. The van der Waals surface area contributed by atoms with Gasteiger partial charge in [0.05, 0.1) is 0 Å². The van der Waals surface area contributed by atoms with Crippen LogP contribution >= 0.6 is 0 Å². The Morgan fingerprint density at radius 2 is 1.79 bits per heavy atom. The number of hydrogen-bond acceptors (Lipinski definition) is 2. The predicted molar refractivity (Wildman–Crippen MR) is 83.5 cm³/mol. The number of nitrogens with zero attached hydrogens (tertiary/aromatic N) is 1. The summed E-state index contributed by atoms with van der Waals surface area (Å²) < 4.78 is 0. The summed E-state index contributed by atoms with van der Waals surface area (Å²) in [6.07, 6.45) is 2.50. The molecule has 1 fully saturated rings. The summed E-state index contributed by atoms with van der Waals surface area (Å²) >= 11 is 0. The Morgan fingerprint density at radius 3 is 2.37 bits per heavy atom. The van der Waals surface area contributed by atoms with Crippen molar-refractivity contribution in [2.45, 2.75) is 39.7 Å². The maximum atomic E-state index is 6.38. The molecule has 2 heteroatoms. The van der Waals surface area contributed by atoms with Crippen LogP contribution in [-0.2, 0) is 0 Å². The van der Waals surface area contributed by atoms with Crippen LogP contribution in [0, 0.1) is 24.7 Å². The lowest BCUT2D eigenvalue weighted by atomic mass is 9.72. The first-order valence-corrected chi connectivity index (χ1v) is 7.50. The van der Waals surface area contributed by atoms with Gasteiger partial charge in [-0.15, -0.1) is 0 Å². The van der Waals surface area contributed by atoms with E-state index in [-0.39, 0.29) is 0 Å². The quantitative estimate of drug-likeness (QED) is 0.902. The molecule has 1 aromatic rings. The number of nitrogens with two attached hydrogens (primary N) is 1. The molecule has 2 rings (SSSR count). The molecule has 0 aliphatic heterocycles. The van der Waals surface area contributed by atoms with Gasteiger partial charge in [-0.3, -0.25) is 0 Å². The standard InChI is InChI=1S/C17H28N2/c1-12-5-7-15(8-6-12)19(4)11-16-14(3)9-13(2)10-17(16)18/h5-8,13-14,16-17H,9-11,18H2,1-4H3. The Hall–Kier alpha value is -1.02. The molecule has 0 bridgehead atoms. The number of rotatable bonds is 3. The van der Waals surface area contributed by atoms with Crippen molar-refractivity contribution in [3.05, 3.63) is 29.8 Å². The molecule has 4 atom stereocenters. The lowest BCUT2D eigenvalue weighted by Gasteiger charge is -2.40. The summed E-state index contributed by atoms with van der Waals surface area (Å²) in [5.41, 5.74) is 8.99. The first kappa shape index (κ1) is 14.4. The third kappa shape index (κ3) is 3.50. The SMILES string of the molecule is Cc1ccc(N(C)CC2C(C)CC(C)CC2N)cc1. The van der Waals surface area contributed by atoms with Crippen molar-refractivity contribution < 1.29 is 0 Å². The zero-order valence-electron chi connectivity index (χ0n) is 12.8. The lowest BCUT2D eigenvalue weighted by Crippen LogP contribution is -2.46. The third-order valence-electron chi connectivity index (χ3n) is 4.69. The molecule has 1 aromatic carbocycles. The average molecular weight is 260 g/mol. The zero-order valence-corrected chi connectivity index (χ0v) is 12.8. The molecule has 4 unspecified atom stereocenters. The van der Waals surface area contributed by atoms with Crippen molar-refractivity contribution in [3.63, 3.8) is 0 Å². The second-order valence-corrected chi connectivity index (χ2v) is 6.60. The average Bonchev–Trinajstić information content (AvgIpc) is 2.34. The molecule has 19 heavy (non-hydrogen) atoms. The molecule has 106 valence electrons. The van der Waals surface area contributed by atoms with Gasteiger partial charge in [0.25, 0.3) is 0 Å². The first-order chi connectivity index (χ1) is 8.97. The van der Waals surface area contributed by atoms with Gasteiger partial charge in [0.15, 0.2) is 0 Å². The fourth-order valence-electron chi connectivity index (χ4n) is 3.50. The summed E-state index contributed by atoms with van der Waals surface area (Å²) in [7, 11) is 2.18. The van der Waals surface area contributed by atoms with Crippen molar-refractivity contribution >= 4 is 5.69 Å². The van der Waals surface area contributed by atoms with E-state index in [2.05, 4.69) is 57.0 Å². The van der Waals surface area contributed by atoms with E-state index in [0.29, 0.717) is 12.0 Å². The van der Waals surface area contributed by atoms with Crippen LogP contribution in [0.25, 0.3) is 0 Å². The Balaban J connectivity index is 2.01. The van der Waals surface area contributed by atoms with Crippen LogP contribution < -0.4 is 10.6 Å². The highest BCUT2D eigenvalue weighted by Gasteiger charge is 2.32. The van der Waals surface area contributed by atoms with Gasteiger partial charge in [-0.1, -0.05) is 31.5 Å². The molecule has 1 aliphatic rings. The highest BCUT2D eigenvalue weighted by Crippen LogP contribution is 2.33. The van der Waals surface area contributed by atoms with E-state index >= 15 is 0 Å². The Bertz CT molecular complexity index is 386. The lowest BCUT2D eigenvalue weighted by molar-refractivity contribution is 0.178. The summed E-state index contributed by atoms with van der Waals surface area (Å²) in [6, 6.07) is 9.12. The van der Waals surface area contributed by atoms with Gasteiger partial charge in [0, 0.05) is 25.3 Å². The van der Waals surface area contributed by atoms with Crippen LogP contribution in [0.2, 0.25) is 0 Å². The molecule has 0 radical (unpaired) electrons. The molecule has 2 N–H and O–H groups in total. The Morgan fingerprint density at radius 1 is 1.16 bits per heavy atom. The van der Waals surface area contributed by atoms with Gasteiger partial charge in [-0.25, -0.2) is 0 Å². The van der Waals surface area contributed by atoms with Gasteiger partial charge in [0.1, 0.15) is 0 Å². The van der Waals surface area contributed by atoms with E-state index in [4.69, 9.17) is 5.73 Å². The fraction of sp³-hybridized carbons (Fsp3) is 0.647. The first-order valence-electron chi connectivity index (χ1n) is 7.50. The minimum absolute atomic E-state index is 0.353. The van der Waals surface area contributed by atoms with Crippen molar-refractivity contribution in [1.29, 1.82) is 0 Å². The van der Waals surface area contributed by atoms with Crippen molar-refractivity contribution in [3.8, 4) is 0 Å². The van der Waals surface area contributed by atoms with Crippen molar-refractivity contribution in [2.75, 3.05) is 18.5 Å². The number of aryl methyl sites for hydroxylation is 1. The molecule has 1 saturated carbocycles. The number of benzene rings is 1. The van der Waals surface area contributed by atoms with Crippen LogP contribution in [0.15, 0.2) is 24.3 Å². The second kappa shape index (κ2) is 5.96. The number of hydrogen-bond donors (Lipinski definition) is 1. The maximum Gasteiger partial charge on any atom is 0.0363 e. The van der Waals surface area contributed by atoms with Crippen molar-refractivity contribution in [1.82, 2.24) is 0 Å². The van der Waals surface area contributed by atoms with E-state index in [1.807, 2.05) is 0 Å². The highest BCUT2D eigenvalue weighted by atomic mass is 15.1. The predicted octanol–water partition coefficient (Wildman–Crippen LogP) is 3.44. The van der Waals surface area contributed by atoms with E-state index in [1.165, 1.54) is 24.1 Å². The van der Waals surface area contributed by atoms with Gasteiger partial charge < -0.3 is 10.6 Å². The van der Waals surface area contributed by atoms with Crippen LogP contribution in [0.1, 0.15) is 32.3 Å². The summed E-state index contributed by atoms with van der Waals surface area (Å²) in [5.74, 6) is 2.13. The van der Waals surface area contributed by atoms with Gasteiger partial charge in [-0.2, -0.15) is 0 Å². The molecule has 0 saturated heterocycles. The smallest absolute Gasteiger partial charge is 0.0363 e. The molecule has 0 spiro atoms. The number of anilines is 1. The van der Waals surface area contributed by atoms with E-state index in [9.17, 15) is 0 Å². The molecule has 0 amide bonds. The van der Waals surface area contributed by atoms with Crippen LogP contribution in [0.3, 0.4) is 0 Å². The molecule has 0 aromatic heterocycles. The molecular formula is C17H28N2. The van der Waals surface area contributed by atoms with Crippen LogP contribution in [0.4, 0.5) is 5.69 Å². The van der Waals surface area contributed by atoms with Gasteiger partial charge in [-0.05, 0) is 49.7 Å². The Labute approximate surface area is 118 Å². The molecule has 1 aliphatic carbocycles. The Kier molecular flexibility index (Phi) is 4.51. The fourth-order valence-corrected chi connectivity index (χ4v) is 3.50. The topological polar surface area (TPSA) is 29.3 Å². The summed E-state index contributed by atoms with van der Waals surface area (Å²) in [5, 5.41) is 0. The van der Waals surface area contributed by atoms with Crippen LogP contribution in [-0.4, -0.2) is 19.6 Å². The summed E-state index contributed by atoms with van der Waals surface area (Å²) in [6.45, 7) is 7.89. The minimum Gasteiger partial charge on any atom is -0.374 e. The van der Waals surface area contributed by atoms with Gasteiger partial charge >= 0.3 is 0 Å².